The number of nitrogens with one attached hydrogen (secondary N) is 3. The van der Waals surface area contributed by atoms with E-state index in [1.807, 2.05) is 25.1 Å². The molecule has 1 unspecified atom stereocenters. The molecule has 1 aliphatic carbocycles. The first-order valence-electron chi connectivity index (χ1n) is 10.2. The smallest absolute Gasteiger partial charge is 0.255 e. The number of carbonyl (C=O) groups excluding carboxylic acids is 1. The average Bonchev–Trinajstić information content (AvgIpc) is 3.20. The van der Waals surface area contributed by atoms with E-state index in [-0.39, 0.29) is 11.9 Å². The van der Waals surface area contributed by atoms with Crippen molar-refractivity contribution >= 4 is 21.6 Å². The second-order valence-corrected chi connectivity index (χ2v) is 9.54. The summed E-state index contributed by atoms with van der Waals surface area (Å²) in [4.78, 5) is 13.1. The molecule has 4 rings (SSSR count). The van der Waals surface area contributed by atoms with Crippen LogP contribution in [0.3, 0.4) is 0 Å². The summed E-state index contributed by atoms with van der Waals surface area (Å²) in [5, 5.41) is 6.20. The fraction of sp³-hybridized carbons (Fsp3) is 0.409. The monoisotopic (exact) mass is 413 g/mol. The van der Waals surface area contributed by atoms with Crippen molar-refractivity contribution in [1.82, 2.24) is 10.0 Å². The van der Waals surface area contributed by atoms with Gasteiger partial charge in [-0.25, -0.2) is 13.1 Å². The maximum Gasteiger partial charge on any atom is 0.255 e. The Bertz CT molecular complexity index is 1030. The summed E-state index contributed by atoms with van der Waals surface area (Å²) in [7, 11) is -3.59. The fourth-order valence-corrected chi connectivity index (χ4v) is 5.82. The van der Waals surface area contributed by atoms with Gasteiger partial charge < -0.3 is 10.6 Å². The van der Waals surface area contributed by atoms with Crippen LogP contribution < -0.4 is 15.4 Å². The lowest BCUT2D eigenvalue weighted by atomic mass is 9.90. The lowest BCUT2D eigenvalue weighted by Gasteiger charge is -2.24. The van der Waals surface area contributed by atoms with E-state index in [1.165, 1.54) is 0 Å². The van der Waals surface area contributed by atoms with E-state index in [2.05, 4.69) is 15.4 Å². The number of aryl methyl sites for hydroxylation is 1. The van der Waals surface area contributed by atoms with Crippen molar-refractivity contribution < 1.29 is 13.2 Å². The first-order chi connectivity index (χ1) is 14.0. The number of fused-ring (bicyclic) bond motifs is 1. The van der Waals surface area contributed by atoms with Gasteiger partial charge in [0, 0.05) is 23.8 Å². The highest BCUT2D eigenvalue weighted by atomic mass is 32.2. The third-order valence-corrected chi connectivity index (χ3v) is 7.41. The Morgan fingerprint density at radius 2 is 1.83 bits per heavy atom. The minimum Gasteiger partial charge on any atom is -0.322 e. The molecule has 0 radical (unpaired) electrons. The van der Waals surface area contributed by atoms with Gasteiger partial charge >= 0.3 is 0 Å². The number of benzene rings is 2. The van der Waals surface area contributed by atoms with Crippen LogP contribution in [0.5, 0.6) is 0 Å². The second-order valence-electron chi connectivity index (χ2n) is 7.86. The van der Waals surface area contributed by atoms with Gasteiger partial charge in [0.2, 0.25) is 10.0 Å². The summed E-state index contributed by atoms with van der Waals surface area (Å²) in [5.41, 5.74) is 4.05. The molecule has 1 fully saturated rings. The van der Waals surface area contributed by atoms with Crippen molar-refractivity contribution in [3.05, 3.63) is 58.7 Å². The van der Waals surface area contributed by atoms with Gasteiger partial charge in [-0.15, -0.1) is 0 Å². The molecule has 29 heavy (non-hydrogen) atoms. The Labute approximate surface area is 172 Å². The van der Waals surface area contributed by atoms with Crippen LogP contribution in [0.15, 0.2) is 41.3 Å². The van der Waals surface area contributed by atoms with Crippen LogP contribution >= 0.6 is 0 Å². The normalized spacial score (nSPS) is 19.0. The molecule has 0 aromatic heterocycles. The Balaban J connectivity index is 1.65. The van der Waals surface area contributed by atoms with Gasteiger partial charge in [0.15, 0.2) is 0 Å². The summed E-state index contributed by atoms with van der Waals surface area (Å²) in [6.07, 6.45) is 4.22. The summed E-state index contributed by atoms with van der Waals surface area (Å²) in [6.45, 7) is 3.39. The van der Waals surface area contributed by atoms with Crippen molar-refractivity contribution in [3.63, 3.8) is 0 Å². The van der Waals surface area contributed by atoms with Crippen LogP contribution in [0.1, 0.15) is 46.3 Å². The molecule has 154 valence electrons. The molecule has 1 atom stereocenters. The third-order valence-electron chi connectivity index (χ3n) is 5.80. The number of sulfonamides is 1. The minimum atomic E-state index is -3.59. The summed E-state index contributed by atoms with van der Waals surface area (Å²) in [6, 6.07) is 10.8. The van der Waals surface area contributed by atoms with Crippen molar-refractivity contribution in [3.8, 4) is 0 Å². The van der Waals surface area contributed by atoms with Crippen molar-refractivity contribution in [1.29, 1.82) is 0 Å². The predicted molar refractivity (Wildman–Crippen MR) is 114 cm³/mol. The fourth-order valence-electron chi connectivity index (χ4n) is 4.26. The molecular weight excluding hydrogens is 386 g/mol. The van der Waals surface area contributed by atoms with Crippen molar-refractivity contribution in [2.45, 2.75) is 50.0 Å². The van der Waals surface area contributed by atoms with E-state index in [0.29, 0.717) is 23.4 Å². The highest BCUT2D eigenvalue weighted by Crippen LogP contribution is 2.33. The molecular formula is C22H27N3O3S. The van der Waals surface area contributed by atoms with Crippen LogP contribution in [0.4, 0.5) is 5.69 Å². The van der Waals surface area contributed by atoms with E-state index in [9.17, 15) is 13.2 Å². The maximum absolute atomic E-state index is 13.0. The zero-order chi connectivity index (χ0) is 20.4. The lowest BCUT2D eigenvalue weighted by molar-refractivity contribution is 0.102. The number of anilines is 1. The van der Waals surface area contributed by atoms with Gasteiger partial charge in [-0.05, 0) is 80.5 Å². The van der Waals surface area contributed by atoms with Gasteiger partial charge in [0.25, 0.3) is 5.91 Å². The second kappa shape index (κ2) is 8.26. The first-order valence-corrected chi connectivity index (χ1v) is 11.7. The summed E-state index contributed by atoms with van der Waals surface area (Å²) < 4.78 is 28.9. The van der Waals surface area contributed by atoms with Gasteiger partial charge in [0.1, 0.15) is 0 Å². The van der Waals surface area contributed by atoms with E-state index in [1.54, 1.807) is 18.2 Å². The largest absolute Gasteiger partial charge is 0.322 e. The Hall–Kier alpha value is -2.22. The quantitative estimate of drug-likeness (QED) is 0.703. The maximum atomic E-state index is 13.0. The van der Waals surface area contributed by atoms with Crippen LogP contribution in [0.25, 0.3) is 0 Å². The van der Waals surface area contributed by atoms with Crippen molar-refractivity contribution in [2.24, 2.45) is 0 Å². The number of hydrogen-bond acceptors (Lipinski definition) is 4. The van der Waals surface area contributed by atoms with Gasteiger partial charge in [-0.2, -0.15) is 0 Å². The molecule has 2 aliphatic rings. The predicted octanol–water partition coefficient (Wildman–Crippen LogP) is 2.77. The average molecular weight is 414 g/mol. The highest BCUT2D eigenvalue weighted by molar-refractivity contribution is 7.89. The van der Waals surface area contributed by atoms with Gasteiger partial charge in [-0.1, -0.05) is 18.2 Å². The van der Waals surface area contributed by atoms with E-state index >= 15 is 0 Å². The Morgan fingerprint density at radius 1 is 1.07 bits per heavy atom. The van der Waals surface area contributed by atoms with Crippen molar-refractivity contribution in [2.75, 3.05) is 18.4 Å². The molecule has 2 aromatic rings. The van der Waals surface area contributed by atoms with Crippen LogP contribution in [-0.2, 0) is 22.9 Å². The molecule has 6 nitrogen and oxygen atoms in total. The number of rotatable bonds is 5. The number of hydrogen-bond donors (Lipinski definition) is 3. The van der Waals surface area contributed by atoms with Crippen LogP contribution in [0, 0.1) is 6.92 Å². The van der Waals surface area contributed by atoms with Gasteiger partial charge in [-0.3, -0.25) is 4.79 Å². The molecule has 0 saturated carbocycles. The summed E-state index contributed by atoms with van der Waals surface area (Å²) in [5.74, 6) is -0.165. The van der Waals surface area contributed by atoms with E-state index in [0.717, 1.165) is 54.6 Å². The zero-order valence-corrected chi connectivity index (χ0v) is 17.4. The highest BCUT2D eigenvalue weighted by Gasteiger charge is 2.28. The van der Waals surface area contributed by atoms with Crippen LogP contribution in [-0.4, -0.2) is 33.5 Å². The molecule has 7 heteroatoms. The Morgan fingerprint density at radius 3 is 2.55 bits per heavy atom. The number of amides is 1. The molecule has 0 spiro atoms. The van der Waals surface area contributed by atoms with Gasteiger partial charge in [0.05, 0.1) is 4.90 Å². The molecule has 1 saturated heterocycles. The standard InChI is InChI=1S/C22H27N3O3S/c1-15-6-2-3-7-17(15)22(26)24-20-10-11-21(19-9-5-4-8-18(19)20)29(27,28)25-16-12-13-23-14-16/h2-3,6-7,10-11,16,23,25H,4-5,8-9,12-14H2,1H3,(H,24,26). The molecule has 3 N–H and O–H groups in total. The minimum absolute atomic E-state index is 0.0697. The van der Waals surface area contributed by atoms with E-state index in [4.69, 9.17) is 0 Å². The molecule has 0 bridgehead atoms. The third kappa shape index (κ3) is 4.22. The lowest BCUT2D eigenvalue weighted by Crippen LogP contribution is -2.37. The number of carbonyl (C=O) groups is 1. The molecule has 1 amide bonds. The SMILES string of the molecule is Cc1ccccc1C(=O)Nc1ccc(S(=O)(=O)NC2CCNC2)c2c1CCCC2. The van der Waals surface area contributed by atoms with E-state index < -0.39 is 10.0 Å². The van der Waals surface area contributed by atoms with Crippen LogP contribution in [0.2, 0.25) is 0 Å². The molecule has 1 heterocycles. The summed E-state index contributed by atoms with van der Waals surface area (Å²) >= 11 is 0. The first kappa shape index (κ1) is 20.1. The topological polar surface area (TPSA) is 87.3 Å². The molecule has 2 aromatic carbocycles. The zero-order valence-electron chi connectivity index (χ0n) is 16.6. The molecule has 1 aliphatic heterocycles. The Kier molecular flexibility index (Phi) is 5.72.